The Kier molecular flexibility index (Phi) is 6.46. The van der Waals surface area contributed by atoms with Gasteiger partial charge in [0.2, 0.25) is 10.0 Å². The molecular weight excluding hydrogens is 366 g/mol. The van der Waals surface area contributed by atoms with Gasteiger partial charge in [0.25, 0.3) is 0 Å². The lowest BCUT2D eigenvalue weighted by atomic mass is 10.1. The molecule has 146 valence electrons. The zero-order chi connectivity index (χ0) is 19.1. The molecule has 2 aromatic rings. The number of hydrogen-bond donors (Lipinski definition) is 1. The molecule has 2 heterocycles. The number of benzene rings is 1. The van der Waals surface area contributed by atoms with E-state index in [4.69, 9.17) is 4.52 Å². The van der Waals surface area contributed by atoms with Crippen LogP contribution in [0.25, 0.3) is 0 Å². The summed E-state index contributed by atoms with van der Waals surface area (Å²) in [5.41, 5.74) is 1.69. The molecule has 9 heteroatoms. The van der Waals surface area contributed by atoms with Crippen molar-refractivity contribution in [1.82, 2.24) is 19.7 Å². The Morgan fingerprint density at radius 1 is 1.19 bits per heavy atom. The van der Waals surface area contributed by atoms with Crippen LogP contribution in [0.2, 0.25) is 0 Å². The summed E-state index contributed by atoms with van der Waals surface area (Å²) in [6, 6.07) is 11.8. The SMILES string of the molecule is CN=C(NCCc1ccccc1)N1CCN(S(=O)(=O)Cc2ccon2)CC1. The molecule has 3 rings (SSSR count). The second kappa shape index (κ2) is 9.01. The normalized spacial score (nSPS) is 16.5. The van der Waals surface area contributed by atoms with Gasteiger partial charge in [-0.25, -0.2) is 8.42 Å². The third-order valence-electron chi connectivity index (χ3n) is 4.50. The first kappa shape index (κ1) is 19.4. The standard InChI is InChI=1S/C18H25N5O3S/c1-19-18(20-9-7-16-5-3-2-4-6-16)22-10-12-23(13-11-22)27(24,25)15-17-8-14-26-21-17/h2-6,8,14H,7,9-13,15H2,1H3,(H,19,20). The molecule has 0 amide bonds. The molecule has 0 aliphatic carbocycles. The lowest BCUT2D eigenvalue weighted by molar-refractivity contribution is 0.260. The molecule has 1 N–H and O–H groups in total. The minimum absolute atomic E-state index is 0.131. The van der Waals surface area contributed by atoms with Gasteiger partial charge in [-0.1, -0.05) is 35.5 Å². The Balaban J connectivity index is 1.48. The number of aromatic nitrogens is 1. The van der Waals surface area contributed by atoms with Crippen molar-refractivity contribution in [3.05, 3.63) is 53.9 Å². The van der Waals surface area contributed by atoms with Gasteiger partial charge in [0, 0.05) is 45.8 Å². The summed E-state index contributed by atoms with van der Waals surface area (Å²) in [5.74, 6) is 0.674. The van der Waals surface area contributed by atoms with Gasteiger partial charge < -0.3 is 14.7 Å². The average molecular weight is 391 g/mol. The molecule has 1 fully saturated rings. The van der Waals surface area contributed by atoms with Crippen molar-refractivity contribution in [1.29, 1.82) is 0 Å². The minimum Gasteiger partial charge on any atom is -0.364 e. The predicted molar refractivity (Wildman–Crippen MR) is 104 cm³/mol. The molecule has 27 heavy (non-hydrogen) atoms. The number of nitrogens with one attached hydrogen (secondary N) is 1. The molecule has 1 aromatic carbocycles. The topological polar surface area (TPSA) is 91.0 Å². The van der Waals surface area contributed by atoms with Crippen LogP contribution in [0.1, 0.15) is 11.3 Å². The number of rotatable bonds is 6. The van der Waals surface area contributed by atoms with E-state index in [1.54, 1.807) is 13.1 Å². The number of nitrogens with zero attached hydrogens (tertiary/aromatic N) is 4. The van der Waals surface area contributed by atoms with Crippen molar-refractivity contribution in [2.75, 3.05) is 39.8 Å². The van der Waals surface area contributed by atoms with Crippen LogP contribution in [0.3, 0.4) is 0 Å². The van der Waals surface area contributed by atoms with Crippen molar-refractivity contribution in [2.45, 2.75) is 12.2 Å². The molecule has 1 aliphatic heterocycles. The van der Waals surface area contributed by atoms with Crippen molar-refractivity contribution in [3.63, 3.8) is 0 Å². The van der Waals surface area contributed by atoms with Gasteiger partial charge in [0.1, 0.15) is 12.0 Å². The number of guanidine groups is 1. The van der Waals surface area contributed by atoms with Crippen LogP contribution in [-0.4, -0.2) is 68.5 Å². The largest absolute Gasteiger partial charge is 0.364 e. The van der Waals surface area contributed by atoms with Crippen LogP contribution in [0.5, 0.6) is 0 Å². The summed E-state index contributed by atoms with van der Waals surface area (Å²) in [4.78, 5) is 6.42. The number of piperazine rings is 1. The van der Waals surface area contributed by atoms with E-state index in [0.29, 0.717) is 31.9 Å². The average Bonchev–Trinajstić information content (AvgIpc) is 3.18. The van der Waals surface area contributed by atoms with Crippen LogP contribution >= 0.6 is 0 Å². The number of aliphatic imine (C=N–C) groups is 1. The van der Waals surface area contributed by atoms with Gasteiger partial charge in [0.05, 0.1) is 5.69 Å². The lowest BCUT2D eigenvalue weighted by Crippen LogP contribution is -2.54. The summed E-state index contributed by atoms with van der Waals surface area (Å²) >= 11 is 0. The fourth-order valence-electron chi connectivity index (χ4n) is 3.06. The fraction of sp³-hybridized carbons (Fsp3) is 0.444. The summed E-state index contributed by atoms with van der Waals surface area (Å²) in [5, 5.41) is 7.05. The first-order chi connectivity index (χ1) is 13.1. The zero-order valence-corrected chi connectivity index (χ0v) is 16.2. The van der Waals surface area contributed by atoms with Crippen LogP contribution in [-0.2, 0) is 22.2 Å². The van der Waals surface area contributed by atoms with Gasteiger partial charge in [-0.15, -0.1) is 0 Å². The summed E-state index contributed by atoms with van der Waals surface area (Å²) in [6.07, 6.45) is 2.29. The molecule has 8 nitrogen and oxygen atoms in total. The molecule has 0 atom stereocenters. The van der Waals surface area contributed by atoms with E-state index >= 15 is 0 Å². The highest BCUT2D eigenvalue weighted by molar-refractivity contribution is 7.88. The second-order valence-corrected chi connectivity index (χ2v) is 8.31. The summed E-state index contributed by atoms with van der Waals surface area (Å²) < 4.78 is 31.2. The molecule has 1 aliphatic rings. The van der Waals surface area contributed by atoms with Gasteiger partial charge in [-0.2, -0.15) is 4.31 Å². The van der Waals surface area contributed by atoms with E-state index in [1.165, 1.54) is 16.1 Å². The Hall–Kier alpha value is -2.39. The Bertz CT molecular complexity index is 829. The second-order valence-electron chi connectivity index (χ2n) is 6.34. The monoisotopic (exact) mass is 391 g/mol. The highest BCUT2D eigenvalue weighted by atomic mass is 32.2. The molecule has 0 saturated carbocycles. The first-order valence-electron chi connectivity index (χ1n) is 8.95. The maximum Gasteiger partial charge on any atom is 0.220 e. The van der Waals surface area contributed by atoms with Crippen molar-refractivity contribution in [3.8, 4) is 0 Å². The molecular formula is C18H25N5O3S. The van der Waals surface area contributed by atoms with Crippen LogP contribution in [0.15, 0.2) is 52.2 Å². The molecule has 0 spiro atoms. The van der Waals surface area contributed by atoms with Gasteiger partial charge in [-0.05, 0) is 12.0 Å². The Labute approximate surface area is 159 Å². The smallest absolute Gasteiger partial charge is 0.220 e. The molecule has 0 radical (unpaired) electrons. The third-order valence-corrected chi connectivity index (χ3v) is 6.32. The van der Waals surface area contributed by atoms with Gasteiger partial charge >= 0.3 is 0 Å². The van der Waals surface area contributed by atoms with E-state index in [0.717, 1.165) is 18.9 Å². The summed E-state index contributed by atoms with van der Waals surface area (Å²) in [7, 11) is -1.64. The Morgan fingerprint density at radius 2 is 1.93 bits per heavy atom. The fourth-order valence-corrected chi connectivity index (χ4v) is 4.49. The van der Waals surface area contributed by atoms with Crippen molar-refractivity contribution < 1.29 is 12.9 Å². The summed E-state index contributed by atoms with van der Waals surface area (Å²) in [6.45, 7) is 2.84. The van der Waals surface area contributed by atoms with Crippen LogP contribution < -0.4 is 5.32 Å². The van der Waals surface area contributed by atoms with Crippen molar-refractivity contribution >= 4 is 16.0 Å². The number of sulfonamides is 1. The molecule has 1 aromatic heterocycles. The van der Waals surface area contributed by atoms with Gasteiger partial charge in [-0.3, -0.25) is 4.99 Å². The van der Waals surface area contributed by atoms with E-state index in [9.17, 15) is 8.42 Å². The maximum atomic E-state index is 12.5. The predicted octanol–water partition coefficient (Wildman–Crippen LogP) is 0.940. The molecule has 1 saturated heterocycles. The highest BCUT2D eigenvalue weighted by Crippen LogP contribution is 2.13. The highest BCUT2D eigenvalue weighted by Gasteiger charge is 2.28. The first-order valence-corrected chi connectivity index (χ1v) is 10.6. The van der Waals surface area contributed by atoms with E-state index in [-0.39, 0.29) is 5.75 Å². The Morgan fingerprint density at radius 3 is 2.56 bits per heavy atom. The van der Waals surface area contributed by atoms with E-state index < -0.39 is 10.0 Å². The minimum atomic E-state index is -3.39. The lowest BCUT2D eigenvalue weighted by Gasteiger charge is -2.35. The van der Waals surface area contributed by atoms with E-state index in [1.807, 2.05) is 18.2 Å². The van der Waals surface area contributed by atoms with Crippen LogP contribution in [0.4, 0.5) is 0 Å². The molecule has 0 bridgehead atoms. The third kappa shape index (κ3) is 5.30. The van der Waals surface area contributed by atoms with E-state index in [2.05, 4.69) is 32.5 Å². The number of hydrogen-bond acceptors (Lipinski definition) is 5. The van der Waals surface area contributed by atoms with Crippen molar-refractivity contribution in [2.24, 2.45) is 4.99 Å². The molecule has 0 unspecified atom stereocenters. The quantitative estimate of drug-likeness (QED) is 0.582. The zero-order valence-electron chi connectivity index (χ0n) is 15.4. The van der Waals surface area contributed by atoms with Crippen LogP contribution in [0, 0.1) is 0 Å². The maximum absolute atomic E-state index is 12.5. The van der Waals surface area contributed by atoms with Gasteiger partial charge in [0.15, 0.2) is 5.96 Å².